The van der Waals surface area contributed by atoms with Crippen LogP contribution in [0.3, 0.4) is 0 Å². The molecule has 1 aliphatic heterocycles. The van der Waals surface area contributed by atoms with Crippen molar-refractivity contribution in [2.24, 2.45) is 0 Å². The van der Waals surface area contributed by atoms with Gasteiger partial charge in [0, 0.05) is 23.1 Å². The highest BCUT2D eigenvalue weighted by atomic mass is 32.2. The van der Waals surface area contributed by atoms with Gasteiger partial charge in [0.05, 0.1) is 4.90 Å². The van der Waals surface area contributed by atoms with Gasteiger partial charge < -0.3 is 9.72 Å². The Morgan fingerprint density at radius 3 is 2.35 bits per heavy atom. The summed E-state index contributed by atoms with van der Waals surface area (Å²) in [5, 5.41) is 10.3. The summed E-state index contributed by atoms with van der Waals surface area (Å²) in [5.74, 6) is -0.479. The number of nitrogens with zero attached hydrogens (tertiary/aromatic N) is 1. The van der Waals surface area contributed by atoms with Crippen LogP contribution in [0.1, 0.15) is 17.3 Å². The number of hydrogen-bond donors (Lipinski definition) is 3. The first-order valence-corrected chi connectivity index (χ1v) is 11.9. The average Bonchev–Trinajstić information content (AvgIpc) is 3.23. The van der Waals surface area contributed by atoms with Crippen molar-refractivity contribution in [1.82, 2.24) is 14.8 Å². The van der Waals surface area contributed by atoms with Crippen LogP contribution < -0.4 is 10.2 Å². The number of amides is 1. The molecule has 10 heteroatoms. The van der Waals surface area contributed by atoms with Crippen LogP contribution in [0.25, 0.3) is 10.9 Å². The van der Waals surface area contributed by atoms with E-state index in [1.807, 2.05) is 24.3 Å². The lowest BCUT2D eigenvalue weighted by molar-refractivity contribution is -0.133. The third-order valence-corrected chi connectivity index (χ3v) is 7.71. The van der Waals surface area contributed by atoms with Crippen molar-refractivity contribution in [3.05, 3.63) is 89.9 Å². The molecule has 1 aliphatic rings. The highest BCUT2D eigenvalue weighted by molar-refractivity contribution is 7.89. The Bertz CT molecular complexity index is 1470. The summed E-state index contributed by atoms with van der Waals surface area (Å²) in [6.07, 6.45) is 0.402. The summed E-state index contributed by atoms with van der Waals surface area (Å²) in [4.78, 5) is 15.8. The molecule has 1 unspecified atom stereocenters. The van der Waals surface area contributed by atoms with Crippen molar-refractivity contribution in [2.45, 2.75) is 17.4 Å². The predicted molar refractivity (Wildman–Crippen MR) is 121 cm³/mol. The van der Waals surface area contributed by atoms with Gasteiger partial charge in [0.1, 0.15) is 23.4 Å². The number of sulfonamides is 1. The maximum Gasteiger partial charge on any atom is 0.267 e. The molecule has 0 aliphatic carbocycles. The SMILES string of the molecule is O=C(NO)C1c2[nH]c3ccccc3c2CCN1S(=O)(=O)c1ccc(Oc2ccc(F)cc2)cc1. The molecule has 3 aromatic carbocycles. The van der Waals surface area contributed by atoms with Gasteiger partial charge in [-0.05, 0) is 66.6 Å². The van der Waals surface area contributed by atoms with Gasteiger partial charge in [0.15, 0.2) is 0 Å². The summed E-state index contributed by atoms with van der Waals surface area (Å²) in [6.45, 7) is 0.0586. The Balaban J connectivity index is 1.47. The van der Waals surface area contributed by atoms with Gasteiger partial charge >= 0.3 is 0 Å². The minimum absolute atomic E-state index is 0.0331. The molecule has 4 aromatic rings. The van der Waals surface area contributed by atoms with Gasteiger partial charge in [0.25, 0.3) is 5.91 Å². The predicted octanol–water partition coefficient (Wildman–Crippen LogP) is 3.89. The third-order valence-electron chi connectivity index (χ3n) is 5.83. The fraction of sp³-hybridized carbons (Fsp3) is 0.125. The lowest BCUT2D eigenvalue weighted by Crippen LogP contribution is -2.46. The van der Waals surface area contributed by atoms with Crippen LogP contribution in [0.5, 0.6) is 11.5 Å². The van der Waals surface area contributed by atoms with E-state index < -0.39 is 27.8 Å². The van der Waals surface area contributed by atoms with Crippen molar-refractivity contribution < 1.29 is 27.5 Å². The first kappa shape index (κ1) is 22.1. The highest BCUT2D eigenvalue weighted by Gasteiger charge is 2.42. The number of carbonyl (C=O) groups is 1. The number of aromatic amines is 1. The van der Waals surface area contributed by atoms with E-state index in [4.69, 9.17) is 4.74 Å². The molecule has 34 heavy (non-hydrogen) atoms. The van der Waals surface area contributed by atoms with Crippen LogP contribution >= 0.6 is 0 Å². The summed E-state index contributed by atoms with van der Waals surface area (Å²) in [5.41, 5.74) is 3.66. The van der Waals surface area contributed by atoms with Gasteiger partial charge in [-0.25, -0.2) is 18.3 Å². The lowest BCUT2D eigenvalue weighted by Gasteiger charge is -2.33. The van der Waals surface area contributed by atoms with E-state index >= 15 is 0 Å². The Morgan fingerprint density at radius 2 is 1.68 bits per heavy atom. The molecule has 1 aromatic heterocycles. The summed E-state index contributed by atoms with van der Waals surface area (Å²) < 4.78 is 46.8. The molecule has 0 bridgehead atoms. The fourth-order valence-corrected chi connectivity index (χ4v) is 5.82. The number of carbonyl (C=O) groups excluding carboxylic acids is 1. The summed E-state index contributed by atoms with van der Waals surface area (Å²) >= 11 is 0. The average molecular weight is 482 g/mol. The second-order valence-corrected chi connectivity index (χ2v) is 9.73. The molecule has 3 N–H and O–H groups in total. The van der Waals surface area contributed by atoms with E-state index in [0.717, 1.165) is 20.8 Å². The maximum absolute atomic E-state index is 13.5. The minimum atomic E-state index is -4.11. The van der Waals surface area contributed by atoms with Gasteiger partial charge in [-0.15, -0.1) is 0 Å². The zero-order chi connectivity index (χ0) is 23.9. The zero-order valence-electron chi connectivity index (χ0n) is 17.7. The number of rotatable bonds is 5. The minimum Gasteiger partial charge on any atom is -0.457 e. The zero-order valence-corrected chi connectivity index (χ0v) is 18.5. The molecule has 174 valence electrons. The van der Waals surface area contributed by atoms with Crippen molar-refractivity contribution in [1.29, 1.82) is 0 Å². The standard InChI is InChI=1S/C24H20FN3O5S/c25-15-5-7-16(8-6-15)33-17-9-11-18(12-10-17)34(31,32)28-14-13-20-19-3-1-2-4-21(19)26-22(20)23(28)24(29)27-30/h1-12,23,26,30H,13-14H2,(H,27,29). The number of hydroxylamine groups is 1. The molecule has 0 saturated carbocycles. The van der Waals surface area contributed by atoms with Gasteiger partial charge in [-0.1, -0.05) is 18.2 Å². The quantitative estimate of drug-likeness (QED) is 0.296. The van der Waals surface area contributed by atoms with Crippen LogP contribution in [0.4, 0.5) is 4.39 Å². The van der Waals surface area contributed by atoms with Crippen molar-refractivity contribution in [3.63, 3.8) is 0 Å². The molecule has 1 amide bonds. The van der Waals surface area contributed by atoms with Gasteiger partial charge in [0.2, 0.25) is 10.0 Å². The number of aromatic nitrogens is 1. The first-order valence-electron chi connectivity index (χ1n) is 10.5. The molecule has 2 heterocycles. The fourth-order valence-electron chi connectivity index (χ4n) is 4.25. The Labute approximate surface area is 194 Å². The monoisotopic (exact) mass is 481 g/mol. The molecule has 0 fully saturated rings. The molecular formula is C24H20FN3O5S. The van der Waals surface area contributed by atoms with E-state index in [1.165, 1.54) is 48.5 Å². The first-order chi connectivity index (χ1) is 16.4. The van der Waals surface area contributed by atoms with Crippen molar-refractivity contribution in [3.8, 4) is 11.5 Å². The second kappa shape index (κ2) is 8.56. The van der Waals surface area contributed by atoms with Crippen LogP contribution in [-0.2, 0) is 21.2 Å². The molecule has 0 radical (unpaired) electrons. The highest BCUT2D eigenvalue weighted by Crippen LogP contribution is 2.38. The Morgan fingerprint density at radius 1 is 1.03 bits per heavy atom. The number of benzene rings is 3. The molecule has 1 atom stereocenters. The van der Waals surface area contributed by atoms with Gasteiger partial charge in [-0.2, -0.15) is 4.31 Å². The van der Waals surface area contributed by atoms with Crippen LogP contribution in [-0.4, -0.2) is 35.4 Å². The van der Waals surface area contributed by atoms with Gasteiger partial charge in [-0.3, -0.25) is 10.0 Å². The maximum atomic E-state index is 13.5. The van der Waals surface area contributed by atoms with Crippen LogP contribution in [0, 0.1) is 5.82 Å². The number of nitrogens with one attached hydrogen (secondary N) is 2. The molecule has 0 saturated heterocycles. The van der Waals surface area contributed by atoms with Crippen LogP contribution in [0.15, 0.2) is 77.7 Å². The molecule has 8 nitrogen and oxygen atoms in total. The smallest absolute Gasteiger partial charge is 0.267 e. The van der Waals surface area contributed by atoms with Crippen LogP contribution in [0.2, 0.25) is 0 Å². The number of halogens is 1. The topological polar surface area (TPSA) is 112 Å². The normalized spacial score (nSPS) is 16.2. The number of ether oxygens (including phenoxy) is 1. The number of fused-ring (bicyclic) bond motifs is 3. The molecular weight excluding hydrogens is 461 g/mol. The summed E-state index contributed by atoms with van der Waals surface area (Å²) in [6, 6.07) is 17.4. The summed E-state index contributed by atoms with van der Waals surface area (Å²) in [7, 11) is -4.11. The van der Waals surface area contributed by atoms with E-state index in [1.54, 1.807) is 5.48 Å². The lowest BCUT2D eigenvalue weighted by atomic mass is 9.99. The second-order valence-electron chi connectivity index (χ2n) is 7.83. The van der Waals surface area contributed by atoms with E-state index in [9.17, 15) is 22.8 Å². The molecule has 5 rings (SSSR count). The van der Waals surface area contributed by atoms with Crippen molar-refractivity contribution in [2.75, 3.05) is 6.54 Å². The number of H-pyrrole nitrogens is 1. The number of hydrogen-bond acceptors (Lipinski definition) is 5. The largest absolute Gasteiger partial charge is 0.457 e. The third kappa shape index (κ3) is 3.81. The van der Waals surface area contributed by atoms with E-state index in [0.29, 0.717) is 23.6 Å². The Kier molecular flexibility index (Phi) is 5.56. The number of para-hydroxylation sites is 1. The van der Waals surface area contributed by atoms with Crippen molar-refractivity contribution >= 4 is 26.8 Å². The Hall–Kier alpha value is -3.73. The van der Waals surface area contributed by atoms with E-state index in [2.05, 4.69) is 4.98 Å². The molecule has 0 spiro atoms. The van der Waals surface area contributed by atoms with E-state index in [-0.39, 0.29) is 11.4 Å².